The van der Waals surface area contributed by atoms with E-state index in [9.17, 15) is 14.7 Å². The molecule has 3 N–H and O–H groups in total. The Labute approximate surface area is 102 Å². The van der Waals surface area contributed by atoms with E-state index in [1.54, 1.807) is 0 Å². The van der Waals surface area contributed by atoms with E-state index in [1.165, 1.54) is 0 Å². The number of aliphatic hydroxyl groups excluding tert-OH is 2. The fraction of sp³-hybridized carbons (Fsp3) is 0.833. The molecule has 17 heavy (non-hydrogen) atoms. The zero-order valence-electron chi connectivity index (χ0n) is 10.6. The van der Waals surface area contributed by atoms with Crippen molar-refractivity contribution < 1.29 is 19.8 Å². The highest BCUT2D eigenvalue weighted by molar-refractivity contribution is 6.01. The molecule has 5 nitrogen and oxygen atoms in total. The number of aliphatic hydroxyl groups is 2. The van der Waals surface area contributed by atoms with Gasteiger partial charge in [0.15, 0.2) is 0 Å². The van der Waals surface area contributed by atoms with Gasteiger partial charge in [0.2, 0.25) is 11.8 Å². The summed E-state index contributed by atoms with van der Waals surface area (Å²) < 4.78 is 0. The number of hydrogen-bond donors (Lipinski definition) is 3. The minimum absolute atomic E-state index is 0.0833. The van der Waals surface area contributed by atoms with E-state index in [-0.39, 0.29) is 30.4 Å². The molecule has 0 bridgehead atoms. The van der Waals surface area contributed by atoms with E-state index in [4.69, 9.17) is 5.11 Å². The average Bonchev–Trinajstić information content (AvgIpc) is 2.65. The first-order valence-corrected chi connectivity index (χ1v) is 6.16. The van der Waals surface area contributed by atoms with E-state index in [2.05, 4.69) is 5.32 Å². The van der Waals surface area contributed by atoms with Crippen molar-refractivity contribution in [1.82, 2.24) is 5.32 Å². The van der Waals surface area contributed by atoms with Gasteiger partial charge in [-0.15, -0.1) is 0 Å². The van der Waals surface area contributed by atoms with Gasteiger partial charge >= 0.3 is 0 Å². The van der Waals surface area contributed by atoms with Gasteiger partial charge in [0.05, 0.1) is 6.10 Å². The summed E-state index contributed by atoms with van der Waals surface area (Å²) in [6.45, 7) is 4.13. The Morgan fingerprint density at radius 1 is 1.24 bits per heavy atom. The SMILES string of the molecule is CCCC(O)C(CC)CO.O=C1CCC(=O)N1. The predicted octanol–water partition coefficient (Wildman–Crippen LogP) is 0.589. The highest BCUT2D eigenvalue weighted by Crippen LogP contribution is 2.12. The summed E-state index contributed by atoms with van der Waals surface area (Å²) in [4.78, 5) is 20.2. The molecule has 0 aliphatic carbocycles. The molecule has 2 atom stereocenters. The van der Waals surface area contributed by atoms with Gasteiger partial charge < -0.3 is 10.2 Å². The van der Waals surface area contributed by atoms with Crippen LogP contribution in [0, 0.1) is 5.92 Å². The Morgan fingerprint density at radius 3 is 2.00 bits per heavy atom. The first kappa shape index (κ1) is 16.1. The molecule has 0 spiro atoms. The number of carbonyl (C=O) groups is 2. The highest BCUT2D eigenvalue weighted by Gasteiger charge is 2.15. The Kier molecular flexibility index (Phi) is 8.62. The summed E-state index contributed by atoms with van der Waals surface area (Å²) in [6, 6.07) is 0. The molecule has 0 aromatic rings. The van der Waals surface area contributed by atoms with Crippen molar-refractivity contribution >= 4 is 11.8 Å². The molecule has 2 unspecified atom stereocenters. The van der Waals surface area contributed by atoms with Gasteiger partial charge in [-0.1, -0.05) is 20.3 Å². The highest BCUT2D eigenvalue weighted by atomic mass is 16.3. The smallest absolute Gasteiger partial charge is 0.227 e. The standard InChI is InChI=1S/C8H18O2.C4H5NO2/c1-3-5-8(10)7(4-2)6-9;6-3-1-2-4(7)5-3/h7-10H,3-6H2,1-2H3;1-2H2,(H,5,6,7). The van der Waals surface area contributed by atoms with Crippen LogP contribution in [0.4, 0.5) is 0 Å². The third-order valence-electron chi connectivity index (χ3n) is 2.75. The van der Waals surface area contributed by atoms with E-state index in [0.29, 0.717) is 12.8 Å². The molecule has 0 aromatic heterocycles. The van der Waals surface area contributed by atoms with Crippen molar-refractivity contribution in [3.05, 3.63) is 0 Å². The summed E-state index contributed by atoms with van der Waals surface area (Å²) in [5.74, 6) is -0.213. The van der Waals surface area contributed by atoms with Gasteiger partial charge in [0.25, 0.3) is 0 Å². The van der Waals surface area contributed by atoms with Crippen molar-refractivity contribution in [2.75, 3.05) is 6.61 Å². The minimum atomic E-state index is -0.306. The van der Waals surface area contributed by atoms with E-state index < -0.39 is 0 Å². The first-order chi connectivity index (χ1) is 8.04. The van der Waals surface area contributed by atoms with Crippen LogP contribution in [0.5, 0.6) is 0 Å². The molecular formula is C12H23NO4. The monoisotopic (exact) mass is 245 g/mol. The topological polar surface area (TPSA) is 86.6 Å². The summed E-state index contributed by atoms with van der Waals surface area (Å²) >= 11 is 0. The maximum absolute atomic E-state index is 10.1. The van der Waals surface area contributed by atoms with Gasteiger partial charge in [0.1, 0.15) is 0 Å². The number of imide groups is 1. The van der Waals surface area contributed by atoms with Gasteiger partial charge in [-0.25, -0.2) is 0 Å². The molecule has 0 radical (unpaired) electrons. The van der Waals surface area contributed by atoms with Crippen LogP contribution in [0.25, 0.3) is 0 Å². The maximum Gasteiger partial charge on any atom is 0.227 e. The largest absolute Gasteiger partial charge is 0.396 e. The maximum atomic E-state index is 10.1. The van der Waals surface area contributed by atoms with E-state index >= 15 is 0 Å². The molecule has 1 aliphatic rings. The molecular weight excluding hydrogens is 222 g/mol. The third kappa shape index (κ3) is 7.07. The van der Waals surface area contributed by atoms with Crippen LogP contribution >= 0.6 is 0 Å². The first-order valence-electron chi connectivity index (χ1n) is 6.16. The van der Waals surface area contributed by atoms with Crippen molar-refractivity contribution in [2.24, 2.45) is 5.92 Å². The number of hydrogen-bond acceptors (Lipinski definition) is 4. The van der Waals surface area contributed by atoms with Crippen molar-refractivity contribution in [3.63, 3.8) is 0 Å². The van der Waals surface area contributed by atoms with E-state index in [0.717, 1.165) is 19.3 Å². The quantitative estimate of drug-likeness (QED) is 0.619. The second kappa shape index (κ2) is 9.13. The Bertz CT molecular complexity index is 225. The lowest BCUT2D eigenvalue weighted by Gasteiger charge is -2.17. The molecule has 1 aliphatic heterocycles. The van der Waals surface area contributed by atoms with Crippen LogP contribution in [0.2, 0.25) is 0 Å². The Balaban J connectivity index is 0.000000318. The number of carbonyl (C=O) groups excluding carboxylic acids is 2. The molecule has 1 rings (SSSR count). The third-order valence-corrected chi connectivity index (χ3v) is 2.75. The fourth-order valence-corrected chi connectivity index (χ4v) is 1.56. The lowest BCUT2D eigenvalue weighted by molar-refractivity contribution is -0.124. The van der Waals surface area contributed by atoms with Gasteiger partial charge in [-0.3, -0.25) is 14.9 Å². The molecule has 2 amide bonds. The lowest BCUT2D eigenvalue weighted by Crippen LogP contribution is -2.22. The minimum Gasteiger partial charge on any atom is -0.396 e. The fourth-order valence-electron chi connectivity index (χ4n) is 1.56. The van der Waals surface area contributed by atoms with Gasteiger partial charge in [-0.05, 0) is 12.8 Å². The number of amides is 2. The second-order valence-electron chi connectivity index (χ2n) is 4.18. The van der Waals surface area contributed by atoms with Gasteiger partial charge in [-0.2, -0.15) is 0 Å². The molecule has 1 saturated heterocycles. The molecule has 0 saturated carbocycles. The molecule has 1 fully saturated rings. The zero-order valence-corrected chi connectivity index (χ0v) is 10.6. The molecule has 100 valence electrons. The molecule has 0 aromatic carbocycles. The van der Waals surface area contributed by atoms with Crippen molar-refractivity contribution in [2.45, 2.75) is 52.1 Å². The molecule has 5 heteroatoms. The summed E-state index contributed by atoms with van der Waals surface area (Å²) in [6.07, 6.45) is 3.09. The van der Waals surface area contributed by atoms with Crippen LogP contribution in [-0.4, -0.2) is 34.7 Å². The Morgan fingerprint density at radius 2 is 1.76 bits per heavy atom. The summed E-state index contributed by atoms with van der Waals surface area (Å²) in [7, 11) is 0. The van der Waals surface area contributed by atoms with Crippen LogP contribution in [0.15, 0.2) is 0 Å². The average molecular weight is 245 g/mol. The van der Waals surface area contributed by atoms with Crippen LogP contribution in [0.3, 0.4) is 0 Å². The Hall–Kier alpha value is -0.940. The van der Waals surface area contributed by atoms with Crippen LogP contribution < -0.4 is 5.32 Å². The van der Waals surface area contributed by atoms with Crippen molar-refractivity contribution in [1.29, 1.82) is 0 Å². The normalized spacial score (nSPS) is 18.1. The van der Waals surface area contributed by atoms with Crippen LogP contribution in [0.1, 0.15) is 46.0 Å². The second-order valence-corrected chi connectivity index (χ2v) is 4.18. The van der Waals surface area contributed by atoms with Crippen LogP contribution in [-0.2, 0) is 9.59 Å². The van der Waals surface area contributed by atoms with E-state index in [1.807, 2.05) is 13.8 Å². The summed E-state index contributed by atoms with van der Waals surface area (Å²) in [5.41, 5.74) is 0. The zero-order chi connectivity index (χ0) is 13.3. The van der Waals surface area contributed by atoms with Gasteiger partial charge in [0, 0.05) is 25.4 Å². The van der Waals surface area contributed by atoms with Crippen molar-refractivity contribution in [3.8, 4) is 0 Å². The number of nitrogens with one attached hydrogen (secondary N) is 1. The predicted molar refractivity (Wildman–Crippen MR) is 64.2 cm³/mol. The summed E-state index contributed by atoms with van der Waals surface area (Å²) in [5, 5.41) is 20.3. The number of rotatable bonds is 5. The lowest BCUT2D eigenvalue weighted by atomic mass is 9.97. The molecule has 1 heterocycles.